The molecule has 0 fully saturated rings. The van der Waals surface area contributed by atoms with Crippen LogP contribution in [-0.4, -0.2) is 6.54 Å². The van der Waals surface area contributed by atoms with Gasteiger partial charge in [0.15, 0.2) is 0 Å². The van der Waals surface area contributed by atoms with Gasteiger partial charge in [-0.1, -0.05) is 43.0 Å². The molecule has 1 aromatic heterocycles. The fourth-order valence-corrected chi connectivity index (χ4v) is 3.76. The Morgan fingerprint density at radius 1 is 1.28 bits per heavy atom. The summed E-state index contributed by atoms with van der Waals surface area (Å²) in [6, 6.07) is 4.56. The molecule has 100 valence electrons. The molecule has 1 heterocycles. The van der Waals surface area contributed by atoms with E-state index in [2.05, 4.69) is 24.4 Å². The lowest BCUT2D eigenvalue weighted by Crippen LogP contribution is -2.22. The molecule has 3 heteroatoms. The lowest BCUT2D eigenvalue weighted by Gasteiger charge is -2.22. The smallest absolute Gasteiger partial charge is 0.0931 e. The van der Waals surface area contributed by atoms with Gasteiger partial charge >= 0.3 is 0 Å². The maximum atomic E-state index is 6.07. The molecule has 0 spiro atoms. The minimum atomic E-state index is 0.380. The fourth-order valence-electron chi connectivity index (χ4n) is 2.58. The molecule has 2 rings (SSSR count). The predicted molar refractivity (Wildman–Crippen MR) is 81.5 cm³/mol. The van der Waals surface area contributed by atoms with E-state index in [4.69, 9.17) is 11.6 Å². The van der Waals surface area contributed by atoms with Crippen molar-refractivity contribution in [3.63, 3.8) is 0 Å². The molecule has 18 heavy (non-hydrogen) atoms. The molecule has 1 N–H and O–H groups in total. The largest absolute Gasteiger partial charge is 0.306 e. The van der Waals surface area contributed by atoms with Crippen LogP contribution in [0.4, 0.5) is 0 Å². The summed E-state index contributed by atoms with van der Waals surface area (Å²) < 4.78 is 0.888. The first-order chi connectivity index (χ1) is 8.81. The van der Waals surface area contributed by atoms with Crippen LogP contribution in [0.15, 0.2) is 23.8 Å². The Morgan fingerprint density at radius 2 is 2.11 bits per heavy atom. The first kappa shape index (κ1) is 14.1. The normalized spacial score (nSPS) is 21.8. The number of rotatable bonds is 4. The van der Waals surface area contributed by atoms with Crippen molar-refractivity contribution < 1.29 is 0 Å². The monoisotopic (exact) mass is 283 g/mol. The second kappa shape index (κ2) is 7.32. The van der Waals surface area contributed by atoms with E-state index in [1.54, 1.807) is 16.9 Å². The van der Waals surface area contributed by atoms with Crippen molar-refractivity contribution >= 4 is 22.9 Å². The standard InChI is InChI=1S/C15H22ClNS/c1-2-17-15(13-10-11-14(16)18-13)12-8-6-4-3-5-7-9-12/h8,10-11,15,17H,2-7,9H2,1H3/b12-8+. The number of allylic oxidation sites excluding steroid dienone is 1. The fraction of sp³-hybridized carbons (Fsp3) is 0.600. The zero-order valence-electron chi connectivity index (χ0n) is 11.0. The Bertz CT molecular complexity index is 397. The molecule has 0 saturated carbocycles. The Hall–Kier alpha value is -0.310. The number of halogens is 1. The lowest BCUT2D eigenvalue weighted by atomic mass is 9.94. The van der Waals surface area contributed by atoms with Crippen molar-refractivity contribution in [2.45, 2.75) is 51.5 Å². The van der Waals surface area contributed by atoms with Gasteiger partial charge in [-0.25, -0.2) is 0 Å². The molecule has 1 nitrogen and oxygen atoms in total. The second-order valence-corrected chi connectivity index (χ2v) is 6.61. The highest BCUT2D eigenvalue weighted by molar-refractivity contribution is 7.16. The van der Waals surface area contributed by atoms with Gasteiger partial charge in [0.25, 0.3) is 0 Å². The van der Waals surface area contributed by atoms with Crippen molar-refractivity contribution in [2.75, 3.05) is 6.54 Å². The summed E-state index contributed by atoms with van der Waals surface area (Å²) in [6.07, 6.45) is 10.4. The van der Waals surface area contributed by atoms with Gasteiger partial charge in [0.05, 0.1) is 10.4 Å². The number of hydrogen-bond acceptors (Lipinski definition) is 2. The topological polar surface area (TPSA) is 12.0 Å². The number of likely N-dealkylation sites (N-methyl/N-ethyl adjacent to an activating group) is 1. The minimum Gasteiger partial charge on any atom is -0.306 e. The highest BCUT2D eigenvalue weighted by atomic mass is 35.5. The Labute approximate surface area is 119 Å². The average molecular weight is 284 g/mol. The molecular weight excluding hydrogens is 262 g/mol. The van der Waals surface area contributed by atoms with Crippen LogP contribution in [-0.2, 0) is 0 Å². The van der Waals surface area contributed by atoms with E-state index in [1.807, 2.05) is 6.07 Å². The van der Waals surface area contributed by atoms with Gasteiger partial charge in [-0.05, 0) is 44.4 Å². The van der Waals surface area contributed by atoms with Crippen LogP contribution in [0.1, 0.15) is 56.4 Å². The van der Waals surface area contributed by atoms with Gasteiger partial charge < -0.3 is 5.32 Å². The molecule has 0 aromatic carbocycles. The highest BCUT2D eigenvalue weighted by Gasteiger charge is 2.17. The Kier molecular flexibility index (Phi) is 5.74. The molecule has 1 unspecified atom stereocenters. The average Bonchev–Trinajstić information content (AvgIpc) is 2.73. The van der Waals surface area contributed by atoms with E-state index >= 15 is 0 Å². The number of hydrogen-bond donors (Lipinski definition) is 1. The van der Waals surface area contributed by atoms with Crippen LogP contribution < -0.4 is 5.32 Å². The zero-order chi connectivity index (χ0) is 12.8. The van der Waals surface area contributed by atoms with Gasteiger partial charge in [-0.15, -0.1) is 11.3 Å². The first-order valence-electron chi connectivity index (χ1n) is 6.99. The maximum Gasteiger partial charge on any atom is 0.0931 e. The van der Waals surface area contributed by atoms with E-state index in [1.165, 1.54) is 43.4 Å². The Balaban J connectivity index is 2.17. The molecule has 0 amide bonds. The summed E-state index contributed by atoms with van der Waals surface area (Å²) in [5.41, 5.74) is 1.56. The zero-order valence-corrected chi connectivity index (χ0v) is 12.6. The van der Waals surface area contributed by atoms with Crippen LogP contribution in [0.5, 0.6) is 0 Å². The predicted octanol–water partition coefficient (Wildman–Crippen LogP) is 5.33. The van der Waals surface area contributed by atoms with E-state index in [9.17, 15) is 0 Å². The number of nitrogens with one attached hydrogen (secondary N) is 1. The molecule has 1 aliphatic carbocycles. The van der Waals surface area contributed by atoms with Crippen molar-refractivity contribution in [1.29, 1.82) is 0 Å². The second-order valence-electron chi connectivity index (χ2n) is 4.86. The molecule has 1 aromatic rings. The minimum absolute atomic E-state index is 0.380. The third-order valence-corrected chi connectivity index (χ3v) is 4.78. The first-order valence-corrected chi connectivity index (χ1v) is 8.18. The van der Waals surface area contributed by atoms with Crippen molar-refractivity contribution in [1.82, 2.24) is 5.32 Å². The summed E-state index contributed by atoms with van der Waals surface area (Å²) in [6.45, 7) is 3.17. The third-order valence-electron chi connectivity index (χ3n) is 3.48. The van der Waals surface area contributed by atoms with Crippen LogP contribution in [0, 0.1) is 0 Å². The lowest BCUT2D eigenvalue weighted by molar-refractivity contribution is 0.558. The summed E-state index contributed by atoms with van der Waals surface area (Å²) >= 11 is 7.78. The van der Waals surface area contributed by atoms with Crippen LogP contribution in [0.25, 0.3) is 0 Å². The van der Waals surface area contributed by atoms with E-state index < -0.39 is 0 Å². The van der Waals surface area contributed by atoms with Crippen LogP contribution in [0.3, 0.4) is 0 Å². The van der Waals surface area contributed by atoms with Gasteiger partial charge in [0.1, 0.15) is 0 Å². The molecule has 1 atom stereocenters. The Morgan fingerprint density at radius 3 is 2.83 bits per heavy atom. The van der Waals surface area contributed by atoms with Crippen molar-refractivity contribution in [3.8, 4) is 0 Å². The van der Waals surface area contributed by atoms with Gasteiger partial charge in [-0.3, -0.25) is 0 Å². The van der Waals surface area contributed by atoms with Crippen LogP contribution in [0.2, 0.25) is 4.34 Å². The van der Waals surface area contributed by atoms with Crippen molar-refractivity contribution in [3.05, 3.63) is 33.0 Å². The number of thiophene rings is 1. The summed E-state index contributed by atoms with van der Waals surface area (Å²) in [5, 5.41) is 3.61. The summed E-state index contributed by atoms with van der Waals surface area (Å²) in [4.78, 5) is 1.36. The van der Waals surface area contributed by atoms with Crippen LogP contribution >= 0.6 is 22.9 Å². The van der Waals surface area contributed by atoms with Gasteiger partial charge in [0.2, 0.25) is 0 Å². The van der Waals surface area contributed by atoms with Crippen molar-refractivity contribution in [2.24, 2.45) is 0 Å². The van der Waals surface area contributed by atoms with E-state index in [0.29, 0.717) is 6.04 Å². The quantitative estimate of drug-likeness (QED) is 0.736. The summed E-state index contributed by atoms with van der Waals surface area (Å²) in [7, 11) is 0. The van der Waals surface area contributed by atoms with Gasteiger partial charge in [-0.2, -0.15) is 0 Å². The molecule has 0 saturated heterocycles. The summed E-state index contributed by atoms with van der Waals surface area (Å²) in [5.74, 6) is 0. The molecule has 0 bridgehead atoms. The maximum absolute atomic E-state index is 6.07. The molecular formula is C15H22ClNS. The SMILES string of the molecule is CCNC(/C1=C/CCCCCC1)c1ccc(Cl)s1. The van der Waals surface area contributed by atoms with E-state index in [-0.39, 0.29) is 0 Å². The molecule has 1 aliphatic rings. The highest BCUT2D eigenvalue weighted by Crippen LogP contribution is 2.34. The van der Waals surface area contributed by atoms with E-state index in [0.717, 1.165) is 10.9 Å². The third kappa shape index (κ3) is 3.84. The molecule has 0 radical (unpaired) electrons. The molecule has 0 aliphatic heterocycles. The van der Waals surface area contributed by atoms with Gasteiger partial charge in [0, 0.05) is 4.88 Å².